The quantitative estimate of drug-likeness (QED) is 0.288. The monoisotopic (exact) mass is 565 g/mol. The fourth-order valence-electron chi connectivity index (χ4n) is 6.59. The highest BCUT2D eigenvalue weighted by Crippen LogP contribution is 2.53. The van der Waals surface area contributed by atoms with Gasteiger partial charge in [0, 0.05) is 17.2 Å². The molecule has 0 bridgehead atoms. The van der Waals surface area contributed by atoms with Gasteiger partial charge in [-0.05, 0) is 74.7 Å². The number of carbonyl (C=O) groups excluding carboxylic acids is 3. The zero-order valence-electron chi connectivity index (χ0n) is 22.8. The van der Waals surface area contributed by atoms with Gasteiger partial charge in [0.15, 0.2) is 11.4 Å². The number of nitrogens with zero attached hydrogens (tertiary/aromatic N) is 1. The standard InChI is InChI=1S/C30H32FN3O7/c1-13(12-31)33-16-6-4-14(5-7-16)17-8-9-20(35)22-18(17)10-15-11-19-24(34(2)3)26(37)23(29(32)40)28(39)30(19,41)27(38)21(15)25(22)36/h4-9,13,15,19,24,33,35,37-38,41H,10-12H2,1-3H3,(H2,32,40)/t13?,15-,19-,24?,30-/m0/s1. The third-order valence-corrected chi connectivity index (χ3v) is 8.45. The molecule has 0 fully saturated rings. The van der Waals surface area contributed by atoms with Crippen LogP contribution in [-0.2, 0) is 16.0 Å². The van der Waals surface area contributed by atoms with Crippen LogP contribution >= 0.6 is 0 Å². The van der Waals surface area contributed by atoms with Gasteiger partial charge in [-0.1, -0.05) is 18.2 Å². The number of fused-ring (bicyclic) bond motifs is 3. The van der Waals surface area contributed by atoms with Crippen molar-refractivity contribution in [1.82, 2.24) is 4.90 Å². The molecule has 0 saturated carbocycles. The van der Waals surface area contributed by atoms with Crippen LogP contribution in [0.25, 0.3) is 11.1 Å². The van der Waals surface area contributed by atoms with Gasteiger partial charge < -0.3 is 31.5 Å². The number of rotatable bonds is 6. The maximum Gasteiger partial charge on any atom is 0.255 e. The van der Waals surface area contributed by atoms with Crippen molar-refractivity contribution in [2.24, 2.45) is 17.6 Å². The molecule has 0 saturated heterocycles. The Labute approximate surface area is 235 Å². The third kappa shape index (κ3) is 4.18. The number of hydrogen-bond donors (Lipinski definition) is 6. The highest BCUT2D eigenvalue weighted by Gasteiger charge is 2.63. The van der Waals surface area contributed by atoms with Gasteiger partial charge in [-0.3, -0.25) is 19.3 Å². The van der Waals surface area contributed by atoms with E-state index in [-0.39, 0.29) is 35.8 Å². The minimum absolute atomic E-state index is 0.00480. The molecule has 3 aliphatic carbocycles. The number of anilines is 1. The number of nitrogens with one attached hydrogen (secondary N) is 1. The van der Waals surface area contributed by atoms with Crippen molar-refractivity contribution >= 4 is 23.2 Å². The average molecular weight is 566 g/mol. The predicted octanol–water partition coefficient (Wildman–Crippen LogP) is 2.56. The first-order valence-corrected chi connectivity index (χ1v) is 13.2. The van der Waals surface area contributed by atoms with Crippen molar-refractivity contribution in [3.8, 4) is 16.9 Å². The Balaban J connectivity index is 1.63. The Kier molecular flexibility index (Phi) is 6.91. The van der Waals surface area contributed by atoms with Gasteiger partial charge in [-0.2, -0.15) is 0 Å². The van der Waals surface area contributed by atoms with E-state index in [9.17, 15) is 39.2 Å². The Morgan fingerprint density at radius 3 is 2.39 bits per heavy atom. The maximum absolute atomic E-state index is 13.9. The average Bonchev–Trinajstić information content (AvgIpc) is 2.91. The second kappa shape index (κ2) is 10.0. The maximum atomic E-state index is 13.9. The van der Waals surface area contributed by atoms with Gasteiger partial charge in [0.1, 0.15) is 29.5 Å². The van der Waals surface area contributed by atoms with Gasteiger partial charge in [-0.15, -0.1) is 0 Å². The number of carbonyl (C=O) groups is 3. The fourth-order valence-corrected chi connectivity index (χ4v) is 6.59. The fraction of sp³-hybridized carbons (Fsp3) is 0.367. The summed E-state index contributed by atoms with van der Waals surface area (Å²) in [5.74, 6) is -6.91. The summed E-state index contributed by atoms with van der Waals surface area (Å²) in [6.45, 7) is 1.18. The Bertz CT molecular complexity index is 1530. The number of alkyl halides is 1. The number of phenols is 1. The molecule has 2 unspecified atom stereocenters. The smallest absolute Gasteiger partial charge is 0.255 e. The van der Waals surface area contributed by atoms with Crippen LogP contribution < -0.4 is 11.1 Å². The van der Waals surface area contributed by atoms with Crippen LogP contribution in [-0.4, -0.2) is 81.3 Å². The molecule has 7 N–H and O–H groups in total. The van der Waals surface area contributed by atoms with E-state index in [1.165, 1.54) is 11.0 Å². The van der Waals surface area contributed by atoms with Crippen molar-refractivity contribution < 1.29 is 39.2 Å². The summed E-state index contributed by atoms with van der Waals surface area (Å²) in [5.41, 5.74) is 4.21. The number of aliphatic hydroxyl groups is 3. The summed E-state index contributed by atoms with van der Waals surface area (Å²) in [6.07, 6.45) is 0.183. The number of phenolic OH excluding ortho intramolecular Hbond substituents is 1. The van der Waals surface area contributed by atoms with Crippen LogP contribution in [0, 0.1) is 11.8 Å². The van der Waals surface area contributed by atoms with Crippen LogP contribution in [0.4, 0.5) is 10.1 Å². The molecule has 3 aliphatic rings. The zero-order valence-corrected chi connectivity index (χ0v) is 22.8. The second-order valence-corrected chi connectivity index (χ2v) is 11.2. The van der Waals surface area contributed by atoms with Gasteiger partial charge in [0.25, 0.3) is 5.91 Å². The number of hydrogen-bond acceptors (Lipinski definition) is 9. The van der Waals surface area contributed by atoms with E-state index < -0.39 is 64.7 Å². The molecule has 0 spiro atoms. The Morgan fingerprint density at radius 1 is 1.15 bits per heavy atom. The van der Waals surface area contributed by atoms with Crippen LogP contribution in [0.15, 0.2) is 59.1 Å². The number of aromatic hydroxyl groups is 1. The summed E-state index contributed by atoms with van der Waals surface area (Å²) >= 11 is 0. The van der Waals surface area contributed by atoms with Crippen LogP contribution in [0.2, 0.25) is 0 Å². The molecule has 41 heavy (non-hydrogen) atoms. The summed E-state index contributed by atoms with van der Waals surface area (Å²) in [5, 5.41) is 47.8. The predicted molar refractivity (Wildman–Crippen MR) is 148 cm³/mol. The van der Waals surface area contributed by atoms with Crippen LogP contribution in [0.3, 0.4) is 0 Å². The lowest BCUT2D eigenvalue weighted by Crippen LogP contribution is -2.63. The first-order chi connectivity index (χ1) is 19.3. The third-order valence-electron chi connectivity index (χ3n) is 8.45. The number of allylic oxidation sites excluding steroid dienone is 1. The Hall–Kier alpha value is -4.22. The first kappa shape index (κ1) is 28.3. The highest BCUT2D eigenvalue weighted by atomic mass is 19.1. The first-order valence-electron chi connectivity index (χ1n) is 13.2. The topological polar surface area (TPSA) is 173 Å². The number of Topliss-reactive ketones (excluding diaryl/α,β-unsaturated/α-hetero) is 2. The van der Waals surface area contributed by atoms with Gasteiger partial charge in [0.05, 0.1) is 17.6 Å². The van der Waals surface area contributed by atoms with E-state index in [1.807, 2.05) is 12.1 Å². The van der Waals surface area contributed by atoms with Crippen molar-refractivity contribution in [1.29, 1.82) is 0 Å². The lowest BCUT2D eigenvalue weighted by Gasteiger charge is -2.50. The molecule has 10 nitrogen and oxygen atoms in total. The SMILES string of the molecule is CC(CF)Nc1ccc(-c2ccc(O)c3c2C[C@H]2C[C@H]4C(N(C)C)C(O)=C(C(N)=O)C(=O)[C@@]4(O)C(O)=C2C3=O)cc1. The lowest BCUT2D eigenvalue weighted by atomic mass is 9.58. The van der Waals surface area contributed by atoms with E-state index in [4.69, 9.17) is 5.73 Å². The van der Waals surface area contributed by atoms with E-state index in [0.29, 0.717) is 16.8 Å². The molecule has 0 aliphatic heterocycles. The molecule has 11 heteroatoms. The van der Waals surface area contributed by atoms with Crippen LogP contribution in [0.1, 0.15) is 29.3 Å². The molecule has 5 rings (SSSR count). The second-order valence-electron chi connectivity index (χ2n) is 11.2. The Morgan fingerprint density at radius 2 is 1.80 bits per heavy atom. The number of benzene rings is 2. The van der Waals surface area contributed by atoms with E-state index in [2.05, 4.69) is 5.32 Å². The molecule has 5 atom stereocenters. The van der Waals surface area contributed by atoms with Gasteiger partial charge in [0.2, 0.25) is 5.78 Å². The van der Waals surface area contributed by atoms with Crippen LogP contribution in [0.5, 0.6) is 5.75 Å². The van der Waals surface area contributed by atoms with E-state index in [0.717, 1.165) is 5.56 Å². The number of nitrogens with two attached hydrogens (primary N) is 1. The largest absolute Gasteiger partial charge is 0.510 e. The number of amides is 1. The van der Waals surface area contributed by atoms with Crippen molar-refractivity contribution in [3.05, 3.63) is 70.2 Å². The summed E-state index contributed by atoms with van der Waals surface area (Å²) in [6, 6.07) is 8.80. The summed E-state index contributed by atoms with van der Waals surface area (Å²) < 4.78 is 12.9. The number of ketones is 2. The molecule has 216 valence electrons. The number of likely N-dealkylation sites (N-methyl/N-ethyl adjacent to an activating group) is 1. The number of aliphatic hydroxyl groups excluding tert-OH is 2. The molecule has 0 radical (unpaired) electrons. The van der Waals surface area contributed by atoms with Gasteiger partial charge in [-0.25, -0.2) is 4.39 Å². The molecule has 0 aromatic heterocycles. The minimum atomic E-state index is -2.68. The lowest BCUT2D eigenvalue weighted by molar-refractivity contribution is -0.148. The van der Waals surface area contributed by atoms with Gasteiger partial charge >= 0.3 is 0 Å². The van der Waals surface area contributed by atoms with E-state index in [1.54, 1.807) is 39.2 Å². The zero-order chi connectivity index (χ0) is 30.0. The molecule has 2 aromatic carbocycles. The van der Waals surface area contributed by atoms with Crippen molar-refractivity contribution in [3.63, 3.8) is 0 Å². The molecule has 1 amide bonds. The summed E-state index contributed by atoms with van der Waals surface area (Å²) in [7, 11) is 3.16. The molecular weight excluding hydrogens is 533 g/mol. The number of primary amides is 1. The molecule has 0 heterocycles. The minimum Gasteiger partial charge on any atom is -0.510 e. The van der Waals surface area contributed by atoms with E-state index >= 15 is 0 Å². The molecule has 2 aromatic rings. The molecular formula is C30H32FN3O7. The number of halogens is 1. The highest BCUT2D eigenvalue weighted by molar-refractivity contribution is 6.24. The summed E-state index contributed by atoms with van der Waals surface area (Å²) in [4.78, 5) is 40.9. The normalized spacial score (nSPS) is 26.4. The van der Waals surface area contributed by atoms with Crippen molar-refractivity contribution in [2.75, 3.05) is 26.1 Å². The van der Waals surface area contributed by atoms with Crippen molar-refractivity contribution in [2.45, 2.75) is 37.5 Å².